The highest BCUT2D eigenvalue weighted by Gasteiger charge is 2.40. The number of halogens is 3. The van der Waals surface area contributed by atoms with E-state index in [0.717, 1.165) is 24.3 Å². The molecule has 1 aliphatic carbocycles. The molecule has 0 spiro atoms. The van der Waals surface area contributed by atoms with E-state index >= 15 is 0 Å². The zero-order valence-electron chi connectivity index (χ0n) is 13.3. The van der Waals surface area contributed by atoms with Crippen LogP contribution in [0.15, 0.2) is 0 Å². The third kappa shape index (κ3) is 4.57. The van der Waals surface area contributed by atoms with Crippen molar-refractivity contribution in [1.82, 2.24) is 15.1 Å². The lowest BCUT2D eigenvalue weighted by Gasteiger charge is -2.46. The Morgan fingerprint density at radius 3 is 2.19 bits per heavy atom. The van der Waals surface area contributed by atoms with E-state index in [4.69, 9.17) is 0 Å². The molecule has 1 rings (SSSR count). The van der Waals surface area contributed by atoms with Crippen LogP contribution in [0.25, 0.3) is 0 Å². The predicted octanol–water partition coefficient (Wildman–Crippen LogP) is 2.06. The fourth-order valence-electron chi connectivity index (χ4n) is 3.13. The van der Waals surface area contributed by atoms with Gasteiger partial charge in [0.1, 0.15) is 6.54 Å². The summed E-state index contributed by atoms with van der Waals surface area (Å²) in [7, 11) is 5.15. The number of nitrogens with zero attached hydrogens (tertiary/aromatic N) is 2. The van der Waals surface area contributed by atoms with Crippen LogP contribution >= 0.6 is 0 Å². The Hall–Kier alpha value is -0.820. The maximum Gasteiger partial charge on any atom is 0.406 e. The average Bonchev–Trinajstić information content (AvgIpc) is 2.43. The van der Waals surface area contributed by atoms with Crippen LogP contribution in [0.5, 0.6) is 0 Å². The van der Waals surface area contributed by atoms with Crippen molar-refractivity contribution in [2.24, 2.45) is 5.92 Å². The highest BCUT2D eigenvalue weighted by Crippen LogP contribution is 2.34. The van der Waals surface area contributed by atoms with E-state index in [0.29, 0.717) is 12.8 Å². The lowest BCUT2D eigenvalue weighted by Crippen LogP contribution is -2.58. The van der Waals surface area contributed by atoms with Gasteiger partial charge in [0.05, 0.1) is 5.66 Å². The van der Waals surface area contributed by atoms with E-state index in [9.17, 15) is 18.0 Å². The van der Waals surface area contributed by atoms with Crippen molar-refractivity contribution >= 4 is 5.91 Å². The molecule has 0 atom stereocenters. The topological polar surface area (TPSA) is 35.6 Å². The Morgan fingerprint density at radius 2 is 1.81 bits per heavy atom. The standard InChI is InChI=1S/C14H26F3N3O/c1-5-20(4)13(18-2)8-6-11(7-9-13)12(21)19(3)10-14(15,16)17/h11,18H,5-10H2,1-4H3. The molecule has 0 saturated heterocycles. The first-order chi connectivity index (χ1) is 9.65. The summed E-state index contributed by atoms with van der Waals surface area (Å²) in [6.45, 7) is 1.77. The lowest BCUT2D eigenvalue weighted by molar-refractivity contribution is -0.162. The molecule has 0 heterocycles. The molecule has 0 aromatic heterocycles. The molecule has 1 saturated carbocycles. The summed E-state index contributed by atoms with van der Waals surface area (Å²) in [6, 6.07) is 0. The first-order valence-electron chi connectivity index (χ1n) is 7.37. The fourth-order valence-corrected chi connectivity index (χ4v) is 3.13. The van der Waals surface area contributed by atoms with E-state index in [1.165, 1.54) is 7.05 Å². The molecule has 7 heteroatoms. The van der Waals surface area contributed by atoms with Gasteiger partial charge in [-0.2, -0.15) is 13.2 Å². The minimum Gasteiger partial charge on any atom is -0.336 e. The Morgan fingerprint density at radius 1 is 1.29 bits per heavy atom. The van der Waals surface area contributed by atoms with Crippen molar-refractivity contribution in [3.8, 4) is 0 Å². The molecule has 0 bridgehead atoms. The van der Waals surface area contributed by atoms with Gasteiger partial charge < -0.3 is 10.2 Å². The van der Waals surface area contributed by atoms with E-state index < -0.39 is 18.6 Å². The van der Waals surface area contributed by atoms with Gasteiger partial charge in [0.15, 0.2) is 0 Å². The van der Waals surface area contributed by atoms with Gasteiger partial charge in [-0.25, -0.2) is 0 Å². The molecule has 21 heavy (non-hydrogen) atoms. The quantitative estimate of drug-likeness (QED) is 0.790. The first-order valence-corrected chi connectivity index (χ1v) is 7.37. The Kier molecular flexibility index (Phi) is 6.04. The average molecular weight is 309 g/mol. The van der Waals surface area contributed by atoms with Crippen molar-refractivity contribution in [2.45, 2.75) is 44.4 Å². The minimum atomic E-state index is -4.34. The first kappa shape index (κ1) is 18.2. The van der Waals surface area contributed by atoms with Crippen LogP contribution < -0.4 is 5.32 Å². The van der Waals surface area contributed by atoms with Crippen molar-refractivity contribution < 1.29 is 18.0 Å². The summed E-state index contributed by atoms with van der Waals surface area (Å²) in [4.78, 5) is 15.1. The molecule has 1 aliphatic rings. The molecule has 1 fully saturated rings. The summed E-state index contributed by atoms with van der Waals surface area (Å²) in [5.41, 5.74) is -0.145. The number of carbonyl (C=O) groups excluding carboxylic acids is 1. The Bertz CT molecular complexity index is 352. The molecule has 0 aliphatic heterocycles. The largest absolute Gasteiger partial charge is 0.406 e. The summed E-state index contributed by atoms with van der Waals surface area (Å²) in [5.74, 6) is -0.694. The minimum absolute atomic E-state index is 0.145. The van der Waals surface area contributed by atoms with Crippen LogP contribution in [0.2, 0.25) is 0 Å². The molecule has 124 valence electrons. The SMILES string of the molecule is CCN(C)C1(NC)CCC(C(=O)N(C)CC(F)(F)F)CC1. The summed E-state index contributed by atoms with van der Waals surface area (Å²) in [5, 5.41) is 3.32. The van der Waals surface area contributed by atoms with Crippen molar-refractivity contribution in [3.63, 3.8) is 0 Å². The van der Waals surface area contributed by atoms with E-state index in [1.807, 2.05) is 14.1 Å². The third-order valence-electron chi connectivity index (χ3n) is 4.63. The van der Waals surface area contributed by atoms with Gasteiger partial charge in [0.25, 0.3) is 0 Å². The van der Waals surface area contributed by atoms with Gasteiger partial charge in [-0.1, -0.05) is 6.92 Å². The predicted molar refractivity (Wildman–Crippen MR) is 75.7 cm³/mol. The van der Waals surface area contributed by atoms with Gasteiger partial charge in [-0.3, -0.25) is 9.69 Å². The van der Waals surface area contributed by atoms with Crippen molar-refractivity contribution in [2.75, 3.05) is 34.2 Å². The summed E-state index contributed by atoms with van der Waals surface area (Å²) in [6.07, 6.45) is -1.57. The molecule has 1 N–H and O–H groups in total. The van der Waals surface area contributed by atoms with Crippen molar-refractivity contribution in [3.05, 3.63) is 0 Å². The molecular formula is C14H26F3N3O. The second-order valence-electron chi connectivity index (χ2n) is 5.88. The van der Waals surface area contributed by atoms with Gasteiger partial charge in [-0.15, -0.1) is 0 Å². The fraction of sp³-hybridized carbons (Fsp3) is 0.929. The molecule has 0 unspecified atom stereocenters. The number of amides is 1. The van der Waals surface area contributed by atoms with Crippen LogP contribution in [0.4, 0.5) is 13.2 Å². The maximum absolute atomic E-state index is 12.4. The number of rotatable bonds is 5. The van der Waals surface area contributed by atoms with Crippen LogP contribution in [0.3, 0.4) is 0 Å². The number of carbonyl (C=O) groups is 1. The van der Waals surface area contributed by atoms with Crippen LogP contribution in [0.1, 0.15) is 32.6 Å². The molecule has 4 nitrogen and oxygen atoms in total. The number of alkyl halides is 3. The highest BCUT2D eigenvalue weighted by molar-refractivity contribution is 5.78. The van der Waals surface area contributed by atoms with Gasteiger partial charge in [0.2, 0.25) is 5.91 Å². The number of hydrogen-bond acceptors (Lipinski definition) is 3. The second kappa shape index (κ2) is 6.96. The zero-order valence-corrected chi connectivity index (χ0v) is 13.3. The third-order valence-corrected chi connectivity index (χ3v) is 4.63. The van der Waals surface area contributed by atoms with E-state index in [1.54, 1.807) is 0 Å². The monoisotopic (exact) mass is 309 g/mol. The molecule has 1 amide bonds. The Labute approximate surface area is 124 Å². The molecule has 0 aromatic rings. The summed E-state index contributed by atoms with van der Waals surface area (Å²) >= 11 is 0. The smallest absolute Gasteiger partial charge is 0.336 e. The zero-order chi connectivity index (χ0) is 16.3. The van der Waals surface area contributed by atoms with Crippen LogP contribution in [-0.4, -0.2) is 61.8 Å². The second-order valence-corrected chi connectivity index (χ2v) is 5.88. The van der Waals surface area contributed by atoms with Crippen LogP contribution in [0, 0.1) is 5.92 Å². The van der Waals surface area contributed by atoms with E-state index in [2.05, 4.69) is 17.1 Å². The van der Waals surface area contributed by atoms with Crippen LogP contribution in [-0.2, 0) is 4.79 Å². The number of hydrogen-bond donors (Lipinski definition) is 1. The van der Waals surface area contributed by atoms with Crippen molar-refractivity contribution in [1.29, 1.82) is 0 Å². The lowest BCUT2D eigenvalue weighted by atomic mass is 9.80. The normalized spacial score (nSPS) is 27.0. The maximum atomic E-state index is 12.4. The van der Waals surface area contributed by atoms with Gasteiger partial charge in [0, 0.05) is 13.0 Å². The van der Waals surface area contributed by atoms with Gasteiger partial charge in [-0.05, 0) is 46.3 Å². The van der Waals surface area contributed by atoms with Gasteiger partial charge >= 0.3 is 6.18 Å². The highest BCUT2D eigenvalue weighted by atomic mass is 19.4. The molecule has 0 radical (unpaired) electrons. The summed E-state index contributed by atoms with van der Waals surface area (Å²) < 4.78 is 37.1. The molecule has 0 aromatic carbocycles. The Balaban J connectivity index is 2.61. The van der Waals surface area contributed by atoms with E-state index in [-0.39, 0.29) is 11.6 Å². The number of nitrogens with one attached hydrogen (secondary N) is 1. The molecular weight excluding hydrogens is 283 g/mol.